The maximum Gasteiger partial charge on any atom is 0.160 e. The summed E-state index contributed by atoms with van der Waals surface area (Å²) < 4.78 is 9.72. The fraction of sp³-hybridized carbons (Fsp3) is 0.600. The van der Waals surface area contributed by atoms with Gasteiger partial charge in [-0.2, -0.15) is 0 Å². The van der Waals surface area contributed by atoms with E-state index in [2.05, 4.69) is 13.2 Å². The molecule has 0 aliphatic rings. The van der Waals surface area contributed by atoms with Crippen LogP contribution in [0.15, 0.2) is 25.7 Å². The highest BCUT2D eigenvalue weighted by Gasteiger charge is 2.32. The average Bonchev–Trinajstić information content (AvgIpc) is 2.31. The van der Waals surface area contributed by atoms with Gasteiger partial charge in [0.1, 0.15) is 24.9 Å². The summed E-state index contributed by atoms with van der Waals surface area (Å²) in [5.41, 5.74) is 0. The Labute approximate surface area is 94.0 Å². The number of aliphatic hydroxyl groups is 4. The molecule has 0 amide bonds. The van der Waals surface area contributed by atoms with Crippen molar-refractivity contribution < 1.29 is 29.9 Å². The topological polar surface area (TPSA) is 99.4 Å². The monoisotopic (exact) mass is 234 g/mol. The lowest BCUT2D eigenvalue weighted by atomic mass is 10.0. The molecule has 0 heterocycles. The van der Waals surface area contributed by atoms with E-state index in [1.807, 2.05) is 0 Å². The largest absolute Gasteiger partial charge is 0.498 e. The van der Waals surface area contributed by atoms with Gasteiger partial charge < -0.3 is 29.9 Å². The van der Waals surface area contributed by atoms with E-state index in [1.165, 1.54) is 0 Å². The molecule has 0 radical (unpaired) electrons. The van der Waals surface area contributed by atoms with Gasteiger partial charge in [-0.3, -0.25) is 0 Å². The quantitative estimate of drug-likeness (QED) is 0.372. The highest BCUT2D eigenvalue weighted by molar-refractivity contribution is 4.83. The fourth-order valence-electron chi connectivity index (χ4n) is 1.06. The fourth-order valence-corrected chi connectivity index (χ4v) is 1.06. The molecule has 0 aliphatic carbocycles. The van der Waals surface area contributed by atoms with Crippen LogP contribution < -0.4 is 0 Å². The molecule has 94 valence electrons. The van der Waals surface area contributed by atoms with Crippen molar-refractivity contribution in [1.29, 1.82) is 0 Å². The van der Waals surface area contributed by atoms with Gasteiger partial charge in [0.15, 0.2) is 6.10 Å². The SMILES string of the molecule is C=COC[C@H](OC=C)[C@@H](O)[C@H](O)[C@H](O)CO. The number of ether oxygens (including phenoxy) is 2. The first-order valence-corrected chi connectivity index (χ1v) is 4.72. The van der Waals surface area contributed by atoms with Crippen LogP contribution in [0.25, 0.3) is 0 Å². The third-order valence-corrected chi connectivity index (χ3v) is 1.96. The van der Waals surface area contributed by atoms with Crippen molar-refractivity contribution in [3.8, 4) is 0 Å². The van der Waals surface area contributed by atoms with Crippen LogP contribution in [0.3, 0.4) is 0 Å². The molecule has 0 bridgehead atoms. The normalized spacial score (nSPS) is 18.0. The lowest BCUT2D eigenvalue weighted by molar-refractivity contribution is -0.126. The molecule has 0 fully saturated rings. The van der Waals surface area contributed by atoms with E-state index in [-0.39, 0.29) is 6.61 Å². The summed E-state index contributed by atoms with van der Waals surface area (Å²) in [6.07, 6.45) is -3.08. The molecule has 0 aromatic rings. The van der Waals surface area contributed by atoms with Gasteiger partial charge in [-0.05, 0) is 0 Å². The van der Waals surface area contributed by atoms with E-state index in [1.54, 1.807) is 0 Å². The summed E-state index contributed by atoms with van der Waals surface area (Å²) in [6, 6.07) is 0. The van der Waals surface area contributed by atoms with Crippen molar-refractivity contribution in [2.45, 2.75) is 24.4 Å². The molecule has 4 atom stereocenters. The molecule has 0 saturated carbocycles. The Bertz CT molecular complexity index is 207. The van der Waals surface area contributed by atoms with Gasteiger partial charge in [-0.1, -0.05) is 13.2 Å². The molecule has 0 saturated heterocycles. The average molecular weight is 234 g/mol. The number of aliphatic hydroxyl groups excluding tert-OH is 4. The van der Waals surface area contributed by atoms with Gasteiger partial charge in [-0.15, -0.1) is 0 Å². The molecule has 0 rings (SSSR count). The van der Waals surface area contributed by atoms with Gasteiger partial charge in [-0.25, -0.2) is 0 Å². The molecule has 6 nitrogen and oxygen atoms in total. The van der Waals surface area contributed by atoms with Crippen molar-refractivity contribution >= 4 is 0 Å². The minimum atomic E-state index is -1.54. The standard InChI is InChI=1S/C10H18O6/c1-3-15-6-8(16-4-2)10(14)9(13)7(12)5-11/h3-4,7-14H,1-2,5-6H2/t7-,8+,9-,10-/m1/s1. The smallest absolute Gasteiger partial charge is 0.160 e. The van der Waals surface area contributed by atoms with Crippen LogP contribution >= 0.6 is 0 Å². The predicted octanol–water partition coefficient (Wildman–Crippen LogP) is -1.25. The van der Waals surface area contributed by atoms with Crippen molar-refractivity contribution in [2.75, 3.05) is 13.2 Å². The second-order valence-electron chi connectivity index (χ2n) is 3.07. The summed E-state index contributed by atoms with van der Waals surface area (Å²) in [6.45, 7) is 5.89. The Morgan fingerprint density at radius 3 is 2.12 bits per heavy atom. The summed E-state index contributed by atoms with van der Waals surface area (Å²) in [5, 5.41) is 36.8. The van der Waals surface area contributed by atoms with Crippen molar-refractivity contribution in [2.24, 2.45) is 0 Å². The first-order valence-electron chi connectivity index (χ1n) is 4.72. The molecule has 0 unspecified atom stereocenters. The number of hydrogen-bond acceptors (Lipinski definition) is 6. The molecular formula is C10H18O6. The van der Waals surface area contributed by atoms with E-state index in [9.17, 15) is 10.2 Å². The molecule has 0 aromatic carbocycles. The van der Waals surface area contributed by atoms with Crippen LogP contribution in [0, 0.1) is 0 Å². The van der Waals surface area contributed by atoms with Crippen LogP contribution in [-0.2, 0) is 9.47 Å². The van der Waals surface area contributed by atoms with Crippen LogP contribution in [-0.4, -0.2) is 58.1 Å². The molecule has 0 spiro atoms. The number of hydrogen-bond donors (Lipinski definition) is 4. The minimum Gasteiger partial charge on any atom is -0.498 e. The van der Waals surface area contributed by atoms with Crippen LogP contribution in [0.5, 0.6) is 0 Å². The molecule has 0 aromatic heterocycles. The molecular weight excluding hydrogens is 216 g/mol. The lowest BCUT2D eigenvalue weighted by Crippen LogP contribution is -2.47. The van der Waals surface area contributed by atoms with Crippen LogP contribution in [0.1, 0.15) is 0 Å². The molecule has 6 heteroatoms. The third-order valence-electron chi connectivity index (χ3n) is 1.96. The maximum atomic E-state index is 9.63. The molecule has 16 heavy (non-hydrogen) atoms. The van der Waals surface area contributed by atoms with E-state index in [0.717, 1.165) is 12.5 Å². The van der Waals surface area contributed by atoms with Gasteiger partial charge in [0.2, 0.25) is 0 Å². The second kappa shape index (κ2) is 8.12. The Morgan fingerprint density at radius 2 is 1.69 bits per heavy atom. The van der Waals surface area contributed by atoms with E-state index in [4.69, 9.17) is 19.7 Å². The molecule has 4 N–H and O–H groups in total. The summed E-state index contributed by atoms with van der Waals surface area (Å²) in [7, 11) is 0. The Balaban J connectivity index is 4.38. The van der Waals surface area contributed by atoms with E-state index >= 15 is 0 Å². The van der Waals surface area contributed by atoms with Crippen molar-refractivity contribution in [3.05, 3.63) is 25.7 Å². The van der Waals surface area contributed by atoms with Gasteiger partial charge in [0.25, 0.3) is 0 Å². The summed E-state index contributed by atoms with van der Waals surface area (Å²) in [5.74, 6) is 0. The maximum absolute atomic E-state index is 9.63. The predicted molar refractivity (Wildman–Crippen MR) is 56.3 cm³/mol. The molecule has 0 aliphatic heterocycles. The zero-order chi connectivity index (χ0) is 12.6. The highest BCUT2D eigenvalue weighted by atomic mass is 16.5. The Morgan fingerprint density at radius 1 is 1.06 bits per heavy atom. The Hall–Kier alpha value is -1.08. The van der Waals surface area contributed by atoms with Gasteiger partial charge in [0.05, 0.1) is 19.1 Å². The van der Waals surface area contributed by atoms with Gasteiger partial charge in [0, 0.05) is 0 Å². The summed E-state index contributed by atoms with van der Waals surface area (Å²) >= 11 is 0. The zero-order valence-corrected chi connectivity index (χ0v) is 8.90. The summed E-state index contributed by atoms with van der Waals surface area (Å²) in [4.78, 5) is 0. The first kappa shape index (κ1) is 14.9. The van der Waals surface area contributed by atoms with Gasteiger partial charge >= 0.3 is 0 Å². The van der Waals surface area contributed by atoms with Crippen molar-refractivity contribution in [1.82, 2.24) is 0 Å². The second-order valence-corrected chi connectivity index (χ2v) is 3.07. The van der Waals surface area contributed by atoms with Crippen LogP contribution in [0.2, 0.25) is 0 Å². The van der Waals surface area contributed by atoms with E-state index in [0.29, 0.717) is 0 Å². The zero-order valence-electron chi connectivity index (χ0n) is 8.90. The third kappa shape index (κ3) is 4.63. The van der Waals surface area contributed by atoms with E-state index < -0.39 is 31.0 Å². The highest BCUT2D eigenvalue weighted by Crippen LogP contribution is 2.09. The Kier molecular flexibility index (Phi) is 7.57. The minimum absolute atomic E-state index is 0.0636. The van der Waals surface area contributed by atoms with Crippen LogP contribution in [0.4, 0.5) is 0 Å². The first-order chi connectivity index (χ1) is 7.58. The number of rotatable bonds is 9. The van der Waals surface area contributed by atoms with Crippen molar-refractivity contribution in [3.63, 3.8) is 0 Å². The lowest BCUT2D eigenvalue weighted by Gasteiger charge is -2.27.